The van der Waals surface area contributed by atoms with Gasteiger partial charge in [0.2, 0.25) is 5.91 Å². The van der Waals surface area contributed by atoms with Gasteiger partial charge in [0.15, 0.2) is 0 Å². The van der Waals surface area contributed by atoms with Crippen molar-refractivity contribution in [1.29, 1.82) is 0 Å². The van der Waals surface area contributed by atoms with Crippen molar-refractivity contribution < 1.29 is 4.79 Å². The first kappa shape index (κ1) is 20.5. The van der Waals surface area contributed by atoms with Crippen LogP contribution >= 0.6 is 0 Å². The van der Waals surface area contributed by atoms with Crippen LogP contribution in [0.25, 0.3) is 0 Å². The highest BCUT2D eigenvalue weighted by molar-refractivity contribution is 5.91. The standard InChI is InChI=1S/C23H35N2O/c1-18(2)17-25(16-15-19(3)23(24)26)22-13-11-21(12-14-22)10-9-20-7-5-4-6-8-20/h11-15,20H,4-10,16-17H2,1-3H3,(H2,24,26). The summed E-state index contributed by atoms with van der Waals surface area (Å²) in [7, 11) is 0. The maximum Gasteiger partial charge on any atom is 0.244 e. The third-order valence-electron chi connectivity index (χ3n) is 5.38. The fourth-order valence-corrected chi connectivity index (χ4v) is 3.71. The summed E-state index contributed by atoms with van der Waals surface area (Å²) in [6.45, 7) is 7.62. The van der Waals surface area contributed by atoms with E-state index in [4.69, 9.17) is 5.73 Å². The summed E-state index contributed by atoms with van der Waals surface area (Å²) in [5.74, 6) is 1.93. The summed E-state index contributed by atoms with van der Waals surface area (Å²) < 4.78 is 0. The Morgan fingerprint density at radius 2 is 1.77 bits per heavy atom. The van der Waals surface area contributed by atoms with Crippen LogP contribution in [0.15, 0.2) is 35.9 Å². The van der Waals surface area contributed by atoms with Gasteiger partial charge >= 0.3 is 0 Å². The van der Waals surface area contributed by atoms with E-state index >= 15 is 0 Å². The van der Waals surface area contributed by atoms with Gasteiger partial charge in [-0.05, 0) is 49.3 Å². The van der Waals surface area contributed by atoms with Gasteiger partial charge in [0, 0.05) is 24.4 Å². The lowest BCUT2D eigenvalue weighted by Crippen LogP contribution is -2.27. The summed E-state index contributed by atoms with van der Waals surface area (Å²) in [6.07, 6.45) is 11.5. The highest BCUT2D eigenvalue weighted by Gasteiger charge is 2.13. The van der Waals surface area contributed by atoms with Crippen molar-refractivity contribution in [3.8, 4) is 0 Å². The molecule has 1 amide bonds. The number of hydrogen-bond donors (Lipinski definition) is 1. The second kappa shape index (κ2) is 10.4. The van der Waals surface area contributed by atoms with Gasteiger partial charge in [-0.3, -0.25) is 4.79 Å². The third kappa shape index (κ3) is 6.86. The van der Waals surface area contributed by atoms with Crippen molar-refractivity contribution in [3.63, 3.8) is 0 Å². The van der Waals surface area contributed by atoms with Gasteiger partial charge in [-0.1, -0.05) is 64.2 Å². The van der Waals surface area contributed by atoms with E-state index in [2.05, 4.69) is 43.0 Å². The minimum Gasteiger partial charge on any atom is -0.367 e. The molecule has 0 saturated heterocycles. The molecule has 0 unspecified atom stereocenters. The smallest absolute Gasteiger partial charge is 0.244 e. The van der Waals surface area contributed by atoms with Crippen molar-refractivity contribution in [2.75, 3.05) is 18.0 Å². The van der Waals surface area contributed by atoms with Gasteiger partial charge in [-0.25, -0.2) is 0 Å². The van der Waals surface area contributed by atoms with Crippen LogP contribution in [0, 0.1) is 11.8 Å². The van der Waals surface area contributed by atoms with E-state index in [-0.39, 0.29) is 5.91 Å². The Morgan fingerprint density at radius 3 is 2.35 bits per heavy atom. The van der Waals surface area contributed by atoms with E-state index in [1.807, 2.05) is 6.08 Å². The molecule has 1 radical (unpaired) electrons. The molecular weight excluding hydrogens is 320 g/mol. The Balaban J connectivity index is 1.96. The third-order valence-corrected chi connectivity index (χ3v) is 5.38. The van der Waals surface area contributed by atoms with E-state index in [1.54, 1.807) is 6.92 Å². The molecule has 143 valence electrons. The van der Waals surface area contributed by atoms with Crippen LogP contribution in [0.4, 0.5) is 5.69 Å². The Kier molecular flexibility index (Phi) is 8.21. The van der Waals surface area contributed by atoms with Crippen LogP contribution in [-0.2, 0) is 11.2 Å². The first-order valence-electron chi connectivity index (χ1n) is 10.0. The fourth-order valence-electron chi connectivity index (χ4n) is 3.71. The SMILES string of the molecule is C[C](C)CN(CC=C(C)C(N)=O)c1ccc(CCC2CCCCC2)cc1. The van der Waals surface area contributed by atoms with E-state index in [9.17, 15) is 4.79 Å². The summed E-state index contributed by atoms with van der Waals surface area (Å²) in [4.78, 5) is 13.5. The highest BCUT2D eigenvalue weighted by atomic mass is 16.1. The molecule has 3 nitrogen and oxygen atoms in total. The van der Waals surface area contributed by atoms with Crippen molar-refractivity contribution in [3.05, 3.63) is 47.4 Å². The van der Waals surface area contributed by atoms with Gasteiger partial charge in [-0.2, -0.15) is 0 Å². The molecule has 0 heterocycles. The zero-order valence-electron chi connectivity index (χ0n) is 16.8. The molecule has 1 aliphatic rings. The maximum absolute atomic E-state index is 11.2. The van der Waals surface area contributed by atoms with Crippen LogP contribution in [0.3, 0.4) is 0 Å². The average molecular weight is 356 g/mol. The van der Waals surface area contributed by atoms with Gasteiger partial charge in [-0.15, -0.1) is 0 Å². The van der Waals surface area contributed by atoms with Crippen LogP contribution in [0.2, 0.25) is 0 Å². The number of primary amides is 1. The zero-order chi connectivity index (χ0) is 18.9. The van der Waals surface area contributed by atoms with Crippen molar-refractivity contribution in [2.24, 2.45) is 11.7 Å². The molecule has 2 N–H and O–H groups in total. The zero-order valence-corrected chi connectivity index (χ0v) is 16.8. The lowest BCUT2D eigenvalue weighted by molar-refractivity contribution is -0.114. The van der Waals surface area contributed by atoms with Crippen molar-refractivity contribution in [2.45, 2.75) is 65.7 Å². The van der Waals surface area contributed by atoms with Gasteiger partial charge < -0.3 is 10.6 Å². The number of nitrogens with zero attached hydrogens (tertiary/aromatic N) is 1. The normalized spacial score (nSPS) is 16.1. The predicted molar refractivity (Wildman–Crippen MR) is 111 cm³/mol. The quantitative estimate of drug-likeness (QED) is 0.630. The lowest BCUT2D eigenvalue weighted by atomic mass is 9.85. The summed E-state index contributed by atoms with van der Waals surface area (Å²) in [5, 5.41) is 0. The molecule has 1 aromatic carbocycles. The molecule has 0 atom stereocenters. The Labute approximate surface area is 159 Å². The molecule has 0 bridgehead atoms. The Hall–Kier alpha value is -1.77. The number of aryl methyl sites for hydroxylation is 1. The van der Waals surface area contributed by atoms with Gasteiger partial charge in [0.05, 0.1) is 0 Å². The largest absolute Gasteiger partial charge is 0.367 e. The number of amides is 1. The molecule has 0 aromatic heterocycles. The number of benzene rings is 1. The van der Waals surface area contributed by atoms with Crippen LogP contribution < -0.4 is 10.6 Å². The molecule has 2 rings (SSSR count). The molecule has 26 heavy (non-hydrogen) atoms. The van der Waals surface area contributed by atoms with E-state index in [0.717, 1.165) is 12.5 Å². The molecular formula is C23H35N2O. The minimum absolute atomic E-state index is 0.347. The van der Waals surface area contributed by atoms with Gasteiger partial charge in [0.25, 0.3) is 0 Å². The highest BCUT2D eigenvalue weighted by Crippen LogP contribution is 2.28. The van der Waals surface area contributed by atoms with Crippen LogP contribution in [-0.4, -0.2) is 19.0 Å². The monoisotopic (exact) mass is 355 g/mol. The Morgan fingerprint density at radius 1 is 1.12 bits per heavy atom. The molecule has 3 heteroatoms. The maximum atomic E-state index is 11.2. The van der Waals surface area contributed by atoms with E-state index < -0.39 is 0 Å². The van der Waals surface area contributed by atoms with Gasteiger partial charge in [0.1, 0.15) is 0 Å². The van der Waals surface area contributed by atoms with E-state index in [0.29, 0.717) is 12.1 Å². The topological polar surface area (TPSA) is 46.3 Å². The number of carbonyl (C=O) groups excluding carboxylic acids is 1. The van der Waals surface area contributed by atoms with E-state index in [1.165, 1.54) is 62.1 Å². The number of nitrogens with two attached hydrogens (primary N) is 1. The van der Waals surface area contributed by atoms with Crippen molar-refractivity contribution >= 4 is 11.6 Å². The first-order chi connectivity index (χ1) is 12.5. The second-order valence-corrected chi connectivity index (χ2v) is 8.05. The number of rotatable bonds is 9. The van der Waals surface area contributed by atoms with Crippen LogP contribution in [0.1, 0.15) is 64.9 Å². The van der Waals surface area contributed by atoms with Crippen molar-refractivity contribution in [1.82, 2.24) is 0 Å². The first-order valence-corrected chi connectivity index (χ1v) is 10.0. The van der Waals surface area contributed by atoms with Crippen LogP contribution in [0.5, 0.6) is 0 Å². The number of anilines is 1. The molecule has 0 spiro atoms. The number of hydrogen-bond acceptors (Lipinski definition) is 2. The minimum atomic E-state index is -0.347. The summed E-state index contributed by atoms with van der Waals surface area (Å²) in [6, 6.07) is 8.96. The second-order valence-electron chi connectivity index (χ2n) is 8.05. The molecule has 1 fully saturated rings. The summed E-state index contributed by atoms with van der Waals surface area (Å²) in [5.41, 5.74) is 8.59. The molecule has 1 saturated carbocycles. The predicted octanol–water partition coefficient (Wildman–Crippen LogP) is 5.05. The lowest BCUT2D eigenvalue weighted by Gasteiger charge is -2.26. The molecule has 1 aromatic rings. The molecule has 1 aliphatic carbocycles. The molecule has 0 aliphatic heterocycles. The Bertz CT molecular complexity index is 583. The average Bonchev–Trinajstić information content (AvgIpc) is 2.64. The summed E-state index contributed by atoms with van der Waals surface area (Å²) >= 11 is 0. The fraction of sp³-hybridized carbons (Fsp3) is 0.565. The number of carbonyl (C=O) groups is 1.